The van der Waals surface area contributed by atoms with Gasteiger partial charge in [0, 0.05) is 20.4 Å². The molecule has 3 aromatic carbocycles. The van der Waals surface area contributed by atoms with Gasteiger partial charge in [0.1, 0.15) is 12.4 Å². The van der Waals surface area contributed by atoms with Gasteiger partial charge >= 0.3 is 6.09 Å². The topological polar surface area (TPSA) is 58.6 Å². The van der Waals surface area contributed by atoms with E-state index in [4.69, 9.17) is 9.84 Å². The van der Waals surface area contributed by atoms with E-state index in [0.717, 1.165) is 19.9 Å². The molecule has 1 amide bonds. The predicted octanol–water partition coefficient (Wildman–Crippen LogP) is 5.11. The molecule has 0 saturated heterocycles. The lowest BCUT2D eigenvalue weighted by molar-refractivity contribution is 0.209. The van der Waals surface area contributed by atoms with E-state index in [9.17, 15) is 4.79 Å². The maximum Gasteiger partial charge on any atom is 0.409 e. The number of fused-ring (bicyclic) bond motifs is 1. The molecule has 0 aliphatic heterocycles. The number of rotatable bonds is 4. The second kappa shape index (κ2) is 6.87. The zero-order valence-electron chi connectivity index (χ0n) is 12.1. The first-order valence-electron chi connectivity index (χ1n) is 7.03. The number of anilines is 1. The third-order valence-electron chi connectivity index (χ3n) is 3.42. The molecule has 0 radical (unpaired) electrons. The van der Waals surface area contributed by atoms with Crippen molar-refractivity contribution in [2.75, 3.05) is 5.32 Å². The summed E-state index contributed by atoms with van der Waals surface area (Å²) in [6.07, 6.45) is -1.09. The van der Waals surface area contributed by atoms with E-state index in [2.05, 4.69) is 27.9 Å². The minimum absolute atomic E-state index is 0.429. The Kier molecular flexibility index (Phi) is 4.66. The van der Waals surface area contributed by atoms with E-state index in [0.29, 0.717) is 18.0 Å². The van der Waals surface area contributed by atoms with Crippen molar-refractivity contribution in [3.63, 3.8) is 0 Å². The highest BCUT2D eigenvalue weighted by Crippen LogP contribution is 2.35. The molecule has 0 unspecified atom stereocenters. The fourth-order valence-corrected chi connectivity index (χ4v) is 3.13. The Morgan fingerprint density at radius 2 is 1.70 bits per heavy atom. The molecule has 116 valence electrons. The van der Waals surface area contributed by atoms with Gasteiger partial charge < -0.3 is 9.84 Å². The molecule has 0 aromatic heterocycles. The van der Waals surface area contributed by atoms with Crippen LogP contribution in [-0.4, -0.2) is 11.2 Å². The Labute approximate surface area is 147 Å². The lowest BCUT2D eigenvalue weighted by atomic mass is 10.1. The maximum atomic E-state index is 11.0. The highest BCUT2D eigenvalue weighted by molar-refractivity contribution is 14.1. The van der Waals surface area contributed by atoms with Gasteiger partial charge in [-0.3, -0.25) is 5.32 Å². The van der Waals surface area contributed by atoms with Crippen molar-refractivity contribution >= 4 is 45.1 Å². The minimum Gasteiger partial charge on any atom is -0.488 e. The van der Waals surface area contributed by atoms with E-state index < -0.39 is 6.09 Å². The van der Waals surface area contributed by atoms with Gasteiger partial charge in [-0.1, -0.05) is 54.6 Å². The summed E-state index contributed by atoms with van der Waals surface area (Å²) in [5.74, 6) is 0.661. The molecule has 5 heteroatoms. The van der Waals surface area contributed by atoms with Crippen LogP contribution in [-0.2, 0) is 6.61 Å². The number of carboxylic acid groups (broad SMARTS) is 1. The van der Waals surface area contributed by atoms with Gasteiger partial charge in [-0.25, -0.2) is 4.79 Å². The van der Waals surface area contributed by atoms with E-state index >= 15 is 0 Å². The van der Waals surface area contributed by atoms with Gasteiger partial charge in [-0.05, 0) is 28.2 Å². The molecule has 3 rings (SSSR count). The van der Waals surface area contributed by atoms with Crippen LogP contribution in [0.25, 0.3) is 10.8 Å². The first kappa shape index (κ1) is 15.6. The van der Waals surface area contributed by atoms with Crippen molar-refractivity contribution in [2.24, 2.45) is 0 Å². The Morgan fingerprint density at radius 3 is 2.39 bits per heavy atom. The number of carbonyl (C=O) groups is 1. The second-order valence-corrected chi connectivity index (χ2v) is 6.07. The SMILES string of the molecule is O=C(O)Nc1cc(OCc2ccccc2)c2ccccc2c1I. The van der Waals surface area contributed by atoms with Crippen LogP contribution in [0, 0.1) is 3.57 Å². The van der Waals surface area contributed by atoms with Gasteiger partial charge in [-0.15, -0.1) is 0 Å². The van der Waals surface area contributed by atoms with Crippen molar-refractivity contribution in [3.8, 4) is 5.75 Å². The highest BCUT2D eigenvalue weighted by atomic mass is 127. The first-order chi connectivity index (χ1) is 11.1. The Hall–Kier alpha value is -2.28. The zero-order valence-corrected chi connectivity index (χ0v) is 14.3. The Bertz CT molecular complexity index is 850. The molecule has 0 aliphatic carbocycles. The second-order valence-electron chi connectivity index (χ2n) is 4.99. The summed E-state index contributed by atoms with van der Waals surface area (Å²) in [4.78, 5) is 11.0. The molecular weight excluding hydrogens is 405 g/mol. The van der Waals surface area contributed by atoms with E-state index in [1.54, 1.807) is 6.07 Å². The molecule has 23 heavy (non-hydrogen) atoms. The fourth-order valence-electron chi connectivity index (χ4n) is 2.37. The average Bonchev–Trinajstić information content (AvgIpc) is 2.57. The quantitative estimate of drug-likeness (QED) is 0.578. The first-order valence-corrected chi connectivity index (χ1v) is 8.11. The molecule has 0 spiro atoms. The van der Waals surface area contributed by atoms with Crippen LogP contribution < -0.4 is 10.1 Å². The van der Waals surface area contributed by atoms with Gasteiger partial charge in [0.05, 0.1) is 5.69 Å². The van der Waals surface area contributed by atoms with Crippen molar-refractivity contribution in [1.29, 1.82) is 0 Å². The minimum atomic E-state index is -1.09. The van der Waals surface area contributed by atoms with Gasteiger partial charge in [-0.2, -0.15) is 0 Å². The van der Waals surface area contributed by atoms with Crippen LogP contribution in [0.15, 0.2) is 60.7 Å². The molecule has 0 atom stereocenters. The molecule has 0 saturated carbocycles. The van der Waals surface area contributed by atoms with Crippen LogP contribution in [0.5, 0.6) is 5.75 Å². The van der Waals surface area contributed by atoms with E-state index in [1.807, 2.05) is 54.6 Å². The summed E-state index contributed by atoms with van der Waals surface area (Å²) in [5.41, 5.74) is 1.59. The molecule has 0 fully saturated rings. The number of ether oxygens (including phenoxy) is 1. The number of nitrogens with one attached hydrogen (secondary N) is 1. The third-order valence-corrected chi connectivity index (χ3v) is 4.58. The average molecular weight is 419 g/mol. The van der Waals surface area contributed by atoms with E-state index in [-0.39, 0.29) is 0 Å². The molecule has 0 bridgehead atoms. The molecular formula is C18H14INO3. The molecule has 0 heterocycles. The summed E-state index contributed by atoms with van der Waals surface area (Å²) < 4.78 is 6.80. The standard InChI is InChI=1S/C18H14INO3/c19-17-14-9-5-4-8-13(14)16(10-15(17)20-18(21)22)23-11-12-6-2-1-3-7-12/h1-10,20H,11H2,(H,21,22). The predicted molar refractivity (Wildman–Crippen MR) is 99.1 cm³/mol. The van der Waals surface area contributed by atoms with Crippen molar-refractivity contribution < 1.29 is 14.6 Å². The summed E-state index contributed by atoms with van der Waals surface area (Å²) in [6, 6.07) is 19.4. The monoisotopic (exact) mass is 419 g/mol. The van der Waals surface area contributed by atoms with Crippen molar-refractivity contribution in [1.82, 2.24) is 0 Å². The lowest BCUT2D eigenvalue weighted by Gasteiger charge is -2.14. The Morgan fingerprint density at radius 1 is 1.04 bits per heavy atom. The van der Waals surface area contributed by atoms with Gasteiger partial charge in [0.25, 0.3) is 0 Å². The summed E-state index contributed by atoms with van der Waals surface area (Å²) >= 11 is 2.15. The fraction of sp³-hybridized carbons (Fsp3) is 0.0556. The zero-order chi connectivity index (χ0) is 16.2. The van der Waals surface area contributed by atoms with Crippen molar-refractivity contribution in [2.45, 2.75) is 6.61 Å². The number of hydrogen-bond donors (Lipinski definition) is 2. The molecule has 0 aliphatic rings. The molecule has 4 nitrogen and oxygen atoms in total. The summed E-state index contributed by atoms with van der Waals surface area (Å²) in [5, 5.41) is 13.4. The maximum absolute atomic E-state index is 11.0. The third kappa shape index (κ3) is 3.56. The van der Waals surface area contributed by atoms with Crippen LogP contribution in [0.3, 0.4) is 0 Å². The van der Waals surface area contributed by atoms with Crippen LogP contribution in [0.1, 0.15) is 5.56 Å². The number of amides is 1. The summed E-state index contributed by atoms with van der Waals surface area (Å²) in [7, 11) is 0. The molecule has 3 aromatic rings. The highest BCUT2D eigenvalue weighted by Gasteiger charge is 2.12. The number of benzene rings is 3. The molecule has 2 N–H and O–H groups in total. The summed E-state index contributed by atoms with van der Waals surface area (Å²) in [6.45, 7) is 0.429. The smallest absolute Gasteiger partial charge is 0.409 e. The number of halogens is 1. The van der Waals surface area contributed by atoms with Crippen LogP contribution >= 0.6 is 22.6 Å². The van der Waals surface area contributed by atoms with Gasteiger partial charge in [0.2, 0.25) is 0 Å². The van der Waals surface area contributed by atoms with Crippen molar-refractivity contribution in [3.05, 3.63) is 69.8 Å². The van der Waals surface area contributed by atoms with Crippen LogP contribution in [0.4, 0.5) is 10.5 Å². The van der Waals surface area contributed by atoms with Gasteiger partial charge in [0.15, 0.2) is 0 Å². The normalized spacial score (nSPS) is 10.5. The lowest BCUT2D eigenvalue weighted by Crippen LogP contribution is -2.09. The number of hydrogen-bond acceptors (Lipinski definition) is 2. The van der Waals surface area contributed by atoms with E-state index in [1.165, 1.54) is 0 Å². The van der Waals surface area contributed by atoms with Crippen LogP contribution in [0.2, 0.25) is 0 Å². The Balaban J connectivity index is 2.00. The largest absolute Gasteiger partial charge is 0.488 e.